The summed E-state index contributed by atoms with van der Waals surface area (Å²) < 4.78 is 4.98. The second-order valence-electron chi connectivity index (χ2n) is 3.21. The largest absolute Gasteiger partial charge is 0.385 e. The molecule has 3 heteroatoms. The molecule has 0 aromatic carbocycles. The average molecular weight is 205 g/mol. The van der Waals surface area contributed by atoms with E-state index in [9.17, 15) is 0 Å². The van der Waals surface area contributed by atoms with E-state index in [2.05, 4.69) is 19.2 Å². The summed E-state index contributed by atoms with van der Waals surface area (Å²) in [5, 5.41) is 3.41. The minimum absolute atomic E-state index is 0.667. The molecule has 0 rings (SSSR count). The molecule has 1 atom stereocenters. The molecule has 0 heterocycles. The van der Waals surface area contributed by atoms with Gasteiger partial charge in [0.25, 0.3) is 0 Å². The van der Waals surface area contributed by atoms with Crippen LogP contribution in [0.4, 0.5) is 0 Å². The van der Waals surface area contributed by atoms with E-state index in [1.54, 1.807) is 7.11 Å². The molecule has 2 nitrogen and oxygen atoms in total. The van der Waals surface area contributed by atoms with E-state index in [1.165, 1.54) is 24.3 Å². The summed E-state index contributed by atoms with van der Waals surface area (Å²) in [7, 11) is 1.76. The maximum absolute atomic E-state index is 4.98. The topological polar surface area (TPSA) is 21.3 Å². The van der Waals surface area contributed by atoms with Gasteiger partial charge >= 0.3 is 0 Å². The molecule has 0 radical (unpaired) electrons. The van der Waals surface area contributed by atoms with Crippen LogP contribution in [-0.2, 0) is 4.74 Å². The molecule has 0 spiro atoms. The highest BCUT2D eigenvalue weighted by molar-refractivity contribution is 7.99. The van der Waals surface area contributed by atoms with Crippen molar-refractivity contribution in [2.45, 2.75) is 32.7 Å². The molecule has 1 unspecified atom stereocenters. The van der Waals surface area contributed by atoms with Crippen LogP contribution < -0.4 is 5.32 Å². The molecule has 0 saturated heterocycles. The summed E-state index contributed by atoms with van der Waals surface area (Å²) in [5.41, 5.74) is 0. The molecule has 0 saturated carbocycles. The van der Waals surface area contributed by atoms with Crippen molar-refractivity contribution in [3.63, 3.8) is 0 Å². The highest BCUT2D eigenvalue weighted by Gasteiger charge is 1.98. The lowest BCUT2D eigenvalue weighted by molar-refractivity contribution is 0.200. The first-order valence-corrected chi connectivity index (χ1v) is 6.26. The number of hydrogen-bond acceptors (Lipinski definition) is 3. The minimum Gasteiger partial charge on any atom is -0.385 e. The van der Waals surface area contributed by atoms with Crippen LogP contribution in [0.15, 0.2) is 0 Å². The SMILES string of the molecule is CCNC(C)CCSCCCOC. The van der Waals surface area contributed by atoms with Crippen molar-refractivity contribution in [2.75, 3.05) is 31.8 Å². The molecular formula is C10H23NOS. The zero-order chi connectivity index (χ0) is 9.94. The van der Waals surface area contributed by atoms with Crippen LogP contribution in [0.25, 0.3) is 0 Å². The van der Waals surface area contributed by atoms with Gasteiger partial charge in [0.05, 0.1) is 0 Å². The van der Waals surface area contributed by atoms with Crippen molar-refractivity contribution in [2.24, 2.45) is 0 Å². The number of hydrogen-bond donors (Lipinski definition) is 1. The Kier molecular flexibility index (Phi) is 10.6. The van der Waals surface area contributed by atoms with Gasteiger partial charge in [-0.25, -0.2) is 0 Å². The lowest BCUT2D eigenvalue weighted by atomic mass is 10.3. The van der Waals surface area contributed by atoms with Gasteiger partial charge in [0, 0.05) is 19.8 Å². The number of methoxy groups -OCH3 is 1. The van der Waals surface area contributed by atoms with Gasteiger partial charge in [-0.2, -0.15) is 11.8 Å². The van der Waals surface area contributed by atoms with E-state index in [0.29, 0.717) is 6.04 Å². The number of ether oxygens (including phenoxy) is 1. The van der Waals surface area contributed by atoms with Crippen LogP contribution in [0.2, 0.25) is 0 Å². The van der Waals surface area contributed by atoms with E-state index < -0.39 is 0 Å². The second-order valence-corrected chi connectivity index (χ2v) is 4.43. The van der Waals surface area contributed by atoms with Crippen molar-refractivity contribution < 1.29 is 4.74 Å². The molecule has 0 amide bonds. The Bertz CT molecular complexity index is 101. The van der Waals surface area contributed by atoms with Gasteiger partial charge < -0.3 is 10.1 Å². The average Bonchev–Trinajstić information content (AvgIpc) is 2.11. The van der Waals surface area contributed by atoms with E-state index in [0.717, 1.165) is 13.2 Å². The third-order valence-electron chi connectivity index (χ3n) is 1.88. The fourth-order valence-corrected chi connectivity index (χ4v) is 2.16. The van der Waals surface area contributed by atoms with Crippen LogP contribution in [0.5, 0.6) is 0 Å². The van der Waals surface area contributed by atoms with Gasteiger partial charge in [-0.3, -0.25) is 0 Å². The van der Waals surface area contributed by atoms with Gasteiger partial charge in [-0.1, -0.05) is 6.92 Å². The predicted octanol–water partition coefficient (Wildman–Crippen LogP) is 2.14. The summed E-state index contributed by atoms with van der Waals surface area (Å²) in [4.78, 5) is 0. The second kappa shape index (κ2) is 10.4. The zero-order valence-electron chi connectivity index (χ0n) is 9.14. The van der Waals surface area contributed by atoms with Crippen molar-refractivity contribution >= 4 is 11.8 Å². The molecule has 0 aromatic heterocycles. The van der Waals surface area contributed by atoms with Crippen molar-refractivity contribution in [3.05, 3.63) is 0 Å². The molecule has 0 bridgehead atoms. The molecule has 80 valence electrons. The normalized spacial score (nSPS) is 13.2. The lowest BCUT2D eigenvalue weighted by Crippen LogP contribution is -2.25. The summed E-state index contributed by atoms with van der Waals surface area (Å²) in [6.45, 7) is 6.38. The van der Waals surface area contributed by atoms with Crippen LogP contribution in [0.1, 0.15) is 26.7 Å². The molecule has 13 heavy (non-hydrogen) atoms. The first-order chi connectivity index (χ1) is 6.31. The molecule has 0 aliphatic carbocycles. The first-order valence-electron chi connectivity index (χ1n) is 5.11. The summed E-state index contributed by atoms with van der Waals surface area (Å²) in [5.74, 6) is 2.49. The van der Waals surface area contributed by atoms with Gasteiger partial charge in [0.2, 0.25) is 0 Å². The Labute approximate surface area is 86.8 Å². The van der Waals surface area contributed by atoms with Crippen LogP contribution in [0, 0.1) is 0 Å². The Balaban J connectivity index is 2.97. The summed E-state index contributed by atoms with van der Waals surface area (Å²) in [6.07, 6.45) is 2.45. The third-order valence-corrected chi connectivity index (χ3v) is 2.99. The van der Waals surface area contributed by atoms with Crippen molar-refractivity contribution in [3.8, 4) is 0 Å². The minimum atomic E-state index is 0.667. The fraction of sp³-hybridized carbons (Fsp3) is 1.00. The smallest absolute Gasteiger partial charge is 0.0470 e. The Hall–Kier alpha value is 0.270. The van der Waals surface area contributed by atoms with Crippen molar-refractivity contribution in [1.29, 1.82) is 0 Å². The van der Waals surface area contributed by atoms with Crippen molar-refractivity contribution in [1.82, 2.24) is 5.32 Å². The Morgan fingerprint density at radius 1 is 1.38 bits per heavy atom. The quantitative estimate of drug-likeness (QED) is 0.583. The predicted molar refractivity (Wildman–Crippen MR) is 61.6 cm³/mol. The van der Waals surface area contributed by atoms with Gasteiger partial charge in [0.15, 0.2) is 0 Å². The summed E-state index contributed by atoms with van der Waals surface area (Å²) in [6, 6.07) is 0.667. The van der Waals surface area contributed by atoms with Crippen LogP contribution >= 0.6 is 11.8 Å². The first kappa shape index (κ1) is 13.3. The molecule has 0 aromatic rings. The number of nitrogens with one attached hydrogen (secondary N) is 1. The Morgan fingerprint density at radius 2 is 2.15 bits per heavy atom. The monoisotopic (exact) mass is 205 g/mol. The summed E-state index contributed by atoms with van der Waals surface area (Å²) >= 11 is 2.03. The van der Waals surface area contributed by atoms with E-state index in [-0.39, 0.29) is 0 Å². The van der Waals surface area contributed by atoms with Crippen LogP contribution in [0.3, 0.4) is 0 Å². The van der Waals surface area contributed by atoms with E-state index >= 15 is 0 Å². The lowest BCUT2D eigenvalue weighted by Gasteiger charge is -2.11. The zero-order valence-corrected chi connectivity index (χ0v) is 9.95. The standard InChI is InChI=1S/C10H23NOS/c1-4-11-10(2)6-9-13-8-5-7-12-3/h10-11H,4-9H2,1-3H3. The van der Waals surface area contributed by atoms with Gasteiger partial charge in [-0.15, -0.1) is 0 Å². The number of thioether (sulfide) groups is 1. The molecule has 0 aliphatic rings. The fourth-order valence-electron chi connectivity index (χ4n) is 1.12. The molecular weight excluding hydrogens is 182 g/mol. The van der Waals surface area contributed by atoms with E-state index in [1.807, 2.05) is 11.8 Å². The maximum atomic E-state index is 4.98. The van der Waals surface area contributed by atoms with E-state index in [4.69, 9.17) is 4.74 Å². The maximum Gasteiger partial charge on any atom is 0.0470 e. The highest BCUT2D eigenvalue weighted by atomic mass is 32.2. The third kappa shape index (κ3) is 10.2. The molecule has 1 N–H and O–H groups in total. The molecule has 0 aliphatic heterocycles. The highest BCUT2D eigenvalue weighted by Crippen LogP contribution is 2.06. The number of rotatable bonds is 9. The Morgan fingerprint density at radius 3 is 2.77 bits per heavy atom. The van der Waals surface area contributed by atoms with Gasteiger partial charge in [0.1, 0.15) is 0 Å². The van der Waals surface area contributed by atoms with Gasteiger partial charge in [-0.05, 0) is 37.8 Å². The molecule has 0 fully saturated rings. The van der Waals surface area contributed by atoms with Crippen LogP contribution in [-0.4, -0.2) is 37.8 Å².